The molecule has 0 amide bonds. The van der Waals surface area contributed by atoms with Crippen LogP contribution in [0.4, 0.5) is 0 Å². The van der Waals surface area contributed by atoms with Crippen molar-refractivity contribution in [1.82, 2.24) is 0 Å². The molecule has 3 aromatic rings. The third-order valence-electron chi connectivity index (χ3n) is 4.51. The van der Waals surface area contributed by atoms with E-state index in [4.69, 9.17) is 9.47 Å². The molecule has 3 aromatic carbocycles. The molecular weight excluding hydrogens is 352 g/mol. The molecule has 1 N–H and O–H groups in total. The van der Waals surface area contributed by atoms with Crippen LogP contribution in [0.1, 0.15) is 36.0 Å². The fourth-order valence-electron chi connectivity index (χ4n) is 3.00. The average molecular weight is 376 g/mol. The highest BCUT2D eigenvalue weighted by Gasteiger charge is 2.19. The molecule has 1 unspecified atom stereocenters. The van der Waals surface area contributed by atoms with E-state index in [0.717, 1.165) is 11.1 Å². The van der Waals surface area contributed by atoms with Gasteiger partial charge in [-0.2, -0.15) is 0 Å². The van der Waals surface area contributed by atoms with Gasteiger partial charge in [0.25, 0.3) is 0 Å². The SMILES string of the molecule is CCC(C(=O)O)c1cc(OCc2ccccc2)cc(OCc2ccccc2)c1. The normalized spacial score (nSPS) is 11.6. The Morgan fingerprint density at radius 1 is 0.821 bits per heavy atom. The molecule has 0 saturated carbocycles. The second-order valence-corrected chi connectivity index (χ2v) is 6.59. The predicted octanol–water partition coefficient (Wildman–Crippen LogP) is 5.42. The van der Waals surface area contributed by atoms with Gasteiger partial charge in [-0.3, -0.25) is 4.79 Å². The molecule has 0 fully saturated rings. The van der Waals surface area contributed by atoms with Crippen LogP contribution in [0, 0.1) is 0 Å². The second kappa shape index (κ2) is 9.60. The highest BCUT2D eigenvalue weighted by Crippen LogP contribution is 2.30. The second-order valence-electron chi connectivity index (χ2n) is 6.59. The van der Waals surface area contributed by atoms with Crippen molar-refractivity contribution in [1.29, 1.82) is 0 Å². The first-order valence-corrected chi connectivity index (χ1v) is 9.37. The molecule has 0 aliphatic carbocycles. The highest BCUT2D eigenvalue weighted by atomic mass is 16.5. The summed E-state index contributed by atoms with van der Waals surface area (Å²) in [5.41, 5.74) is 2.78. The number of carbonyl (C=O) groups is 1. The van der Waals surface area contributed by atoms with Crippen LogP contribution >= 0.6 is 0 Å². The summed E-state index contributed by atoms with van der Waals surface area (Å²) in [6.45, 7) is 2.68. The molecule has 144 valence electrons. The van der Waals surface area contributed by atoms with E-state index in [2.05, 4.69) is 0 Å². The first-order valence-electron chi connectivity index (χ1n) is 9.37. The Balaban J connectivity index is 1.81. The topological polar surface area (TPSA) is 55.8 Å². The Labute approximate surface area is 165 Å². The van der Waals surface area contributed by atoms with Crippen molar-refractivity contribution in [3.05, 3.63) is 95.6 Å². The maximum Gasteiger partial charge on any atom is 0.310 e. The summed E-state index contributed by atoms with van der Waals surface area (Å²) < 4.78 is 11.9. The van der Waals surface area contributed by atoms with E-state index in [1.807, 2.05) is 73.7 Å². The molecule has 0 saturated heterocycles. The molecule has 0 aromatic heterocycles. The number of aliphatic carboxylic acids is 1. The van der Waals surface area contributed by atoms with Crippen LogP contribution < -0.4 is 9.47 Å². The largest absolute Gasteiger partial charge is 0.489 e. The van der Waals surface area contributed by atoms with Crippen LogP contribution in [0.2, 0.25) is 0 Å². The first-order chi connectivity index (χ1) is 13.7. The molecule has 1 atom stereocenters. The molecule has 4 heteroatoms. The number of carboxylic acid groups (broad SMARTS) is 1. The Morgan fingerprint density at radius 2 is 1.29 bits per heavy atom. The number of ether oxygens (including phenoxy) is 2. The van der Waals surface area contributed by atoms with Crippen LogP contribution in [0.15, 0.2) is 78.9 Å². The average Bonchev–Trinajstić information content (AvgIpc) is 2.72. The zero-order valence-corrected chi connectivity index (χ0v) is 15.9. The van der Waals surface area contributed by atoms with Crippen molar-refractivity contribution in [2.24, 2.45) is 0 Å². The molecule has 3 rings (SSSR count). The third-order valence-corrected chi connectivity index (χ3v) is 4.51. The van der Waals surface area contributed by atoms with E-state index in [0.29, 0.717) is 36.7 Å². The number of hydrogen-bond acceptors (Lipinski definition) is 3. The molecule has 0 heterocycles. The maximum atomic E-state index is 11.6. The van der Waals surface area contributed by atoms with Gasteiger partial charge in [-0.25, -0.2) is 0 Å². The van der Waals surface area contributed by atoms with E-state index < -0.39 is 11.9 Å². The Bertz CT molecular complexity index is 829. The van der Waals surface area contributed by atoms with Crippen LogP contribution in [-0.2, 0) is 18.0 Å². The highest BCUT2D eigenvalue weighted by molar-refractivity contribution is 5.76. The summed E-state index contributed by atoms with van der Waals surface area (Å²) in [5.74, 6) is -0.246. The van der Waals surface area contributed by atoms with Gasteiger partial charge in [-0.15, -0.1) is 0 Å². The minimum Gasteiger partial charge on any atom is -0.489 e. The van der Waals surface area contributed by atoms with Crippen LogP contribution in [0.25, 0.3) is 0 Å². The fraction of sp³-hybridized carbons (Fsp3) is 0.208. The van der Waals surface area contributed by atoms with Crippen molar-refractivity contribution < 1.29 is 19.4 Å². The van der Waals surface area contributed by atoms with Gasteiger partial charge in [0, 0.05) is 6.07 Å². The summed E-state index contributed by atoms with van der Waals surface area (Å²) in [6.07, 6.45) is 0.496. The van der Waals surface area contributed by atoms with Gasteiger partial charge in [0.1, 0.15) is 24.7 Å². The molecule has 28 heavy (non-hydrogen) atoms. The van der Waals surface area contributed by atoms with Crippen molar-refractivity contribution >= 4 is 5.97 Å². The zero-order chi connectivity index (χ0) is 19.8. The summed E-state index contributed by atoms with van der Waals surface area (Å²) in [4.78, 5) is 11.6. The van der Waals surface area contributed by atoms with Gasteiger partial charge >= 0.3 is 5.97 Å². The summed E-state index contributed by atoms with van der Waals surface area (Å²) in [6, 6.07) is 25.1. The lowest BCUT2D eigenvalue weighted by Crippen LogP contribution is -2.11. The van der Waals surface area contributed by atoms with E-state index >= 15 is 0 Å². The Hall–Kier alpha value is -3.27. The van der Waals surface area contributed by atoms with Crippen molar-refractivity contribution in [3.63, 3.8) is 0 Å². The smallest absolute Gasteiger partial charge is 0.310 e. The first kappa shape index (κ1) is 19.5. The minimum atomic E-state index is -0.850. The number of hydrogen-bond donors (Lipinski definition) is 1. The third kappa shape index (κ3) is 5.36. The predicted molar refractivity (Wildman–Crippen MR) is 109 cm³/mol. The Morgan fingerprint density at radius 3 is 1.68 bits per heavy atom. The molecule has 0 aliphatic rings. The minimum absolute atomic E-state index is 0.409. The lowest BCUT2D eigenvalue weighted by Gasteiger charge is -2.16. The quantitative estimate of drug-likeness (QED) is 0.541. The van der Waals surface area contributed by atoms with Gasteiger partial charge in [-0.05, 0) is 35.2 Å². The molecule has 0 bridgehead atoms. The standard InChI is InChI=1S/C24H24O4/c1-2-23(24(25)26)20-13-21(27-16-18-9-5-3-6-10-18)15-22(14-20)28-17-19-11-7-4-8-12-19/h3-15,23H,2,16-17H2,1H3,(H,25,26). The summed E-state index contributed by atoms with van der Waals surface area (Å²) >= 11 is 0. The van der Waals surface area contributed by atoms with Gasteiger partial charge in [0.15, 0.2) is 0 Å². The zero-order valence-electron chi connectivity index (χ0n) is 15.9. The van der Waals surface area contributed by atoms with Crippen molar-refractivity contribution in [3.8, 4) is 11.5 Å². The van der Waals surface area contributed by atoms with E-state index in [1.165, 1.54) is 0 Å². The molecule has 0 spiro atoms. The van der Waals surface area contributed by atoms with Crippen LogP contribution in [-0.4, -0.2) is 11.1 Å². The van der Waals surface area contributed by atoms with Crippen LogP contribution in [0.5, 0.6) is 11.5 Å². The summed E-state index contributed by atoms with van der Waals surface area (Å²) in [7, 11) is 0. The molecular formula is C24H24O4. The van der Waals surface area contributed by atoms with E-state index in [1.54, 1.807) is 12.1 Å². The maximum absolute atomic E-state index is 11.6. The fourth-order valence-corrected chi connectivity index (χ4v) is 3.00. The van der Waals surface area contributed by atoms with Gasteiger partial charge in [0.05, 0.1) is 5.92 Å². The lowest BCUT2D eigenvalue weighted by molar-refractivity contribution is -0.138. The van der Waals surface area contributed by atoms with E-state index in [9.17, 15) is 9.90 Å². The molecule has 4 nitrogen and oxygen atoms in total. The number of rotatable bonds is 9. The van der Waals surface area contributed by atoms with Gasteiger partial charge < -0.3 is 14.6 Å². The summed E-state index contributed by atoms with van der Waals surface area (Å²) in [5, 5.41) is 9.54. The molecule has 0 radical (unpaired) electrons. The van der Waals surface area contributed by atoms with E-state index in [-0.39, 0.29) is 0 Å². The van der Waals surface area contributed by atoms with Gasteiger partial charge in [0.2, 0.25) is 0 Å². The van der Waals surface area contributed by atoms with Crippen LogP contribution in [0.3, 0.4) is 0 Å². The van der Waals surface area contributed by atoms with Crippen molar-refractivity contribution in [2.45, 2.75) is 32.5 Å². The Kier molecular flexibility index (Phi) is 6.68. The number of carboxylic acids is 1. The lowest BCUT2D eigenvalue weighted by atomic mass is 9.96. The monoisotopic (exact) mass is 376 g/mol. The number of benzene rings is 3. The van der Waals surface area contributed by atoms with Gasteiger partial charge in [-0.1, -0.05) is 67.6 Å². The van der Waals surface area contributed by atoms with Crippen molar-refractivity contribution in [2.75, 3.05) is 0 Å². The molecule has 0 aliphatic heterocycles.